The second-order valence-corrected chi connectivity index (χ2v) is 8.94. The third-order valence-corrected chi connectivity index (χ3v) is 5.18. The van der Waals surface area contributed by atoms with E-state index in [1.165, 1.54) is 16.0 Å². The summed E-state index contributed by atoms with van der Waals surface area (Å²) in [5.41, 5.74) is -0.322. The minimum absolute atomic E-state index is 0.0585. The van der Waals surface area contributed by atoms with E-state index < -0.39 is 23.3 Å². The number of oxime groups is 1. The summed E-state index contributed by atoms with van der Waals surface area (Å²) < 4.78 is 11.1. The Labute approximate surface area is 193 Å². The number of amides is 2. The van der Waals surface area contributed by atoms with Crippen molar-refractivity contribution in [1.29, 1.82) is 0 Å². The molecule has 1 saturated heterocycles. The summed E-state index contributed by atoms with van der Waals surface area (Å²) in [6.07, 6.45) is 2.06. The Hall–Kier alpha value is -3.62. The van der Waals surface area contributed by atoms with Crippen LogP contribution in [-0.2, 0) is 22.5 Å². The van der Waals surface area contributed by atoms with Gasteiger partial charge in [-0.25, -0.2) is 9.59 Å². The van der Waals surface area contributed by atoms with Gasteiger partial charge in [-0.2, -0.15) is 0 Å². The van der Waals surface area contributed by atoms with E-state index in [4.69, 9.17) is 9.47 Å². The smallest absolute Gasteiger partial charge is 0.411 e. The molecular formula is C24H30N4O5. The van der Waals surface area contributed by atoms with Gasteiger partial charge < -0.3 is 19.6 Å². The van der Waals surface area contributed by atoms with E-state index in [0.717, 1.165) is 5.56 Å². The van der Waals surface area contributed by atoms with E-state index in [1.807, 2.05) is 42.5 Å². The summed E-state index contributed by atoms with van der Waals surface area (Å²) >= 11 is 0. The summed E-state index contributed by atoms with van der Waals surface area (Å²) in [7, 11) is 0. The molecule has 1 atom stereocenters. The normalized spacial score (nSPS) is 18.9. The lowest BCUT2D eigenvalue weighted by atomic mass is 9.89. The summed E-state index contributed by atoms with van der Waals surface area (Å²) in [6.45, 7) is 5.95. The third-order valence-electron chi connectivity index (χ3n) is 5.18. The first-order chi connectivity index (χ1) is 15.7. The van der Waals surface area contributed by atoms with Gasteiger partial charge in [0.2, 0.25) is 0 Å². The van der Waals surface area contributed by atoms with Gasteiger partial charge in [0.25, 0.3) is 0 Å². The van der Waals surface area contributed by atoms with E-state index >= 15 is 0 Å². The predicted molar refractivity (Wildman–Crippen MR) is 122 cm³/mol. The van der Waals surface area contributed by atoms with Crippen molar-refractivity contribution in [1.82, 2.24) is 14.8 Å². The van der Waals surface area contributed by atoms with Crippen molar-refractivity contribution in [2.75, 3.05) is 19.6 Å². The molecule has 0 radical (unpaired) electrons. The van der Waals surface area contributed by atoms with Crippen LogP contribution in [0.25, 0.3) is 0 Å². The number of hydrogen-bond acceptors (Lipinski definition) is 7. The van der Waals surface area contributed by atoms with Gasteiger partial charge in [-0.05, 0) is 38.5 Å². The van der Waals surface area contributed by atoms with Crippen LogP contribution in [0.2, 0.25) is 0 Å². The molecule has 33 heavy (non-hydrogen) atoms. The van der Waals surface area contributed by atoms with Gasteiger partial charge in [0.15, 0.2) is 0 Å². The van der Waals surface area contributed by atoms with Gasteiger partial charge in [-0.15, -0.1) is 0 Å². The van der Waals surface area contributed by atoms with Gasteiger partial charge in [0.05, 0.1) is 12.8 Å². The highest BCUT2D eigenvalue weighted by Crippen LogP contribution is 2.27. The Morgan fingerprint density at radius 2 is 1.85 bits per heavy atom. The fourth-order valence-corrected chi connectivity index (χ4v) is 3.72. The lowest BCUT2D eigenvalue weighted by Gasteiger charge is -2.47. The zero-order valence-electron chi connectivity index (χ0n) is 19.2. The number of rotatable bonds is 5. The second-order valence-electron chi connectivity index (χ2n) is 8.94. The zero-order chi connectivity index (χ0) is 23.9. The van der Waals surface area contributed by atoms with E-state index in [2.05, 4.69) is 10.1 Å². The molecule has 1 N–H and O–H groups in total. The fraction of sp³-hybridized carbons (Fsp3) is 0.417. The van der Waals surface area contributed by atoms with Crippen LogP contribution in [0, 0.1) is 0 Å². The molecule has 9 nitrogen and oxygen atoms in total. The molecule has 0 saturated carbocycles. The van der Waals surface area contributed by atoms with Crippen molar-refractivity contribution in [3.63, 3.8) is 0 Å². The molecule has 1 fully saturated rings. The molecule has 3 rings (SSSR count). The summed E-state index contributed by atoms with van der Waals surface area (Å²) in [4.78, 5) is 33.3. The highest BCUT2D eigenvalue weighted by atomic mass is 16.6. The predicted octanol–water partition coefficient (Wildman–Crippen LogP) is 3.71. The molecule has 1 unspecified atom stereocenters. The van der Waals surface area contributed by atoms with Crippen molar-refractivity contribution in [3.8, 4) is 0 Å². The number of carbonyl (C=O) groups is 2. The van der Waals surface area contributed by atoms with Gasteiger partial charge in [-0.3, -0.25) is 9.88 Å². The molecule has 176 valence electrons. The third kappa shape index (κ3) is 6.44. The minimum atomic E-state index is -1.17. The maximum absolute atomic E-state index is 13.2. The van der Waals surface area contributed by atoms with Gasteiger partial charge in [-0.1, -0.05) is 41.6 Å². The number of hydrogen-bond donors (Lipinski definition) is 1. The Balaban J connectivity index is 1.87. The van der Waals surface area contributed by atoms with Crippen LogP contribution in [0.4, 0.5) is 9.59 Å². The van der Waals surface area contributed by atoms with Crippen molar-refractivity contribution in [3.05, 3.63) is 66.0 Å². The molecular weight excluding hydrogens is 424 g/mol. The molecule has 0 aliphatic carbocycles. The minimum Gasteiger partial charge on any atom is -0.445 e. The molecule has 2 amide bonds. The molecule has 2 aromatic rings. The van der Waals surface area contributed by atoms with E-state index in [-0.39, 0.29) is 32.7 Å². The van der Waals surface area contributed by atoms with E-state index in [1.54, 1.807) is 33.0 Å². The lowest BCUT2D eigenvalue weighted by molar-refractivity contribution is -0.00891. The first-order valence-electron chi connectivity index (χ1n) is 10.8. The quantitative estimate of drug-likeness (QED) is 0.420. The number of piperazine rings is 1. The molecule has 9 heteroatoms. The summed E-state index contributed by atoms with van der Waals surface area (Å²) in [6, 6.07) is 14.8. The van der Waals surface area contributed by atoms with Crippen LogP contribution in [0.1, 0.15) is 32.0 Å². The summed E-state index contributed by atoms with van der Waals surface area (Å²) in [5, 5.41) is 12.8. The molecule has 0 spiro atoms. The first-order valence-corrected chi connectivity index (χ1v) is 10.8. The number of ether oxygens (including phenoxy) is 2. The fourth-order valence-electron chi connectivity index (χ4n) is 3.72. The molecule has 1 aliphatic heterocycles. The Kier molecular flexibility index (Phi) is 7.52. The topological polar surface area (TPSA) is 105 Å². The van der Waals surface area contributed by atoms with Crippen LogP contribution < -0.4 is 0 Å². The van der Waals surface area contributed by atoms with Crippen molar-refractivity contribution >= 4 is 18.4 Å². The van der Waals surface area contributed by atoms with Crippen LogP contribution in [-0.4, -0.2) is 69.2 Å². The van der Waals surface area contributed by atoms with Crippen molar-refractivity contribution in [2.24, 2.45) is 5.16 Å². The lowest BCUT2D eigenvalue weighted by Crippen LogP contribution is -2.67. The van der Waals surface area contributed by atoms with E-state index in [9.17, 15) is 14.8 Å². The maximum atomic E-state index is 13.2. The molecule has 1 aromatic carbocycles. The van der Waals surface area contributed by atoms with Crippen molar-refractivity contribution < 1.29 is 24.3 Å². The zero-order valence-corrected chi connectivity index (χ0v) is 19.2. The molecule has 0 bridgehead atoms. The average molecular weight is 455 g/mol. The Morgan fingerprint density at radius 1 is 1.12 bits per heavy atom. The number of pyridine rings is 1. The number of carbonyl (C=O) groups excluding carboxylic acids is 2. The standard InChI is InChI=1S/C24H30N4O5/c1-23(2,3)33-21(29)27-13-14-28(22(30)32-16-19-9-5-4-6-10-19)24(18-27,17-26-31)15-20-11-7-8-12-25-20/h4-12,17,31H,13-16,18H2,1-3H3/b26-17-. The molecule has 2 heterocycles. The maximum Gasteiger partial charge on any atom is 0.411 e. The monoisotopic (exact) mass is 454 g/mol. The Morgan fingerprint density at radius 3 is 2.48 bits per heavy atom. The number of nitrogens with zero attached hydrogens (tertiary/aromatic N) is 4. The van der Waals surface area contributed by atoms with Crippen LogP contribution in [0.5, 0.6) is 0 Å². The number of benzene rings is 1. The average Bonchev–Trinajstić information content (AvgIpc) is 2.78. The Bertz CT molecular complexity index is 962. The summed E-state index contributed by atoms with van der Waals surface area (Å²) in [5.74, 6) is 0. The van der Waals surface area contributed by atoms with Crippen LogP contribution in [0.3, 0.4) is 0 Å². The van der Waals surface area contributed by atoms with Gasteiger partial charge >= 0.3 is 12.2 Å². The van der Waals surface area contributed by atoms with Gasteiger partial charge in [0.1, 0.15) is 17.7 Å². The first kappa shape index (κ1) is 24.0. The van der Waals surface area contributed by atoms with Crippen molar-refractivity contribution in [2.45, 2.75) is 44.9 Å². The van der Waals surface area contributed by atoms with Crippen LogP contribution >= 0.6 is 0 Å². The second kappa shape index (κ2) is 10.3. The largest absolute Gasteiger partial charge is 0.445 e. The highest BCUT2D eigenvalue weighted by Gasteiger charge is 2.46. The molecule has 1 aliphatic rings. The highest BCUT2D eigenvalue weighted by molar-refractivity contribution is 5.81. The van der Waals surface area contributed by atoms with E-state index in [0.29, 0.717) is 5.69 Å². The van der Waals surface area contributed by atoms with Crippen LogP contribution in [0.15, 0.2) is 59.9 Å². The SMILES string of the molecule is CC(C)(C)OC(=O)N1CCN(C(=O)OCc2ccccc2)C(/C=N\O)(Cc2ccccn2)C1. The van der Waals surface area contributed by atoms with Gasteiger partial charge in [0, 0.05) is 31.4 Å². The number of aromatic nitrogens is 1. The molecule has 1 aromatic heterocycles.